The average Bonchev–Trinajstić information content (AvgIpc) is 2.47. The van der Waals surface area contributed by atoms with E-state index in [9.17, 15) is 4.79 Å². The Bertz CT molecular complexity index is 387. The molecular formula is C10H9ClN2O. The highest BCUT2D eigenvalue weighted by Crippen LogP contribution is 2.21. The zero-order valence-electron chi connectivity index (χ0n) is 7.46. The van der Waals surface area contributed by atoms with E-state index in [0.717, 1.165) is 5.69 Å². The van der Waals surface area contributed by atoms with Crippen LogP contribution in [0.2, 0.25) is 5.02 Å². The van der Waals surface area contributed by atoms with Gasteiger partial charge in [-0.1, -0.05) is 24.2 Å². The Hall–Kier alpha value is -1.48. The average molecular weight is 209 g/mol. The number of rotatable bonds is 1. The number of hydrogen-bond acceptors (Lipinski definition) is 2. The lowest BCUT2D eigenvalue weighted by Crippen LogP contribution is -2.32. The van der Waals surface area contributed by atoms with Gasteiger partial charge in [0.25, 0.3) is 5.91 Å². The van der Waals surface area contributed by atoms with Gasteiger partial charge >= 0.3 is 0 Å². The molecule has 0 saturated carbocycles. The molecule has 4 heteroatoms. The summed E-state index contributed by atoms with van der Waals surface area (Å²) in [5, 5.41) is 2.37. The number of carbonyl (C=O) groups is 1. The molecule has 0 unspecified atom stereocenters. The fourth-order valence-corrected chi connectivity index (χ4v) is 1.49. The van der Waals surface area contributed by atoms with Crippen LogP contribution in [0.3, 0.4) is 0 Å². The summed E-state index contributed by atoms with van der Waals surface area (Å²) in [7, 11) is 0. The van der Waals surface area contributed by atoms with Crippen LogP contribution >= 0.6 is 11.6 Å². The first-order valence-electron chi connectivity index (χ1n) is 4.19. The Balaban J connectivity index is 2.25. The molecule has 0 bridgehead atoms. The van der Waals surface area contributed by atoms with E-state index in [-0.39, 0.29) is 5.91 Å². The number of hydrogen-bond donors (Lipinski definition) is 1. The van der Waals surface area contributed by atoms with Crippen LogP contribution in [0.4, 0.5) is 5.69 Å². The third-order valence-corrected chi connectivity index (χ3v) is 2.26. The molecule has 14 heavy (non-hydrogen) atoms. The van der Waals surface area contributed by atoms with Crippen molar-refractivity contribution in [2.45, 2.75) is 0 Å². The van der Waals surface area contributed by atoms with Crippen LogP contribution in [0.5, 0.6) is 0 Å². The molecule has 1 aliphatic heterocycles. The van der Waals surface area contributed by atoms with Gasteiger partial charge in [-0.2, -0.15) is 0 Å². The molecule has 0 radical (unpaired) electrons. The van der Waals surface area contributed by atoms with Crippen LogP contribution in [0.25, 0.3) is 0 Å². The first-order valence-corrected chi connectivity index (χ1v) is 4.56. The topological polar surface area (TPSA) is 32.3 Å². The van der Waals surface area contributed by atoms with Gasteiger partial charge in [0.1, 0.15) is 0 Å². The minimum atomic E-state index is -0.134. The van der Waals surface area contributed by atoms with Crippen LogP contribution < -0.4 is 10.4 Å². The molecule has 1 aromatic carbocycles. The second-order valence-corrected chi connectivity index (χ2v) is 3.55. The van der Waals surface area contributed by atoms with Crippen LogP contribution in [0.15, 0.2) is 36.4 Å². The summed E-state index contributed by atoms with van der Waals surface area (Å²) in [6, 6.07) is 7.30. The van der Waals surface area contributed by atoms with Crippen molar-refractivity contribution in [1.29, 1.82) is 0 Å². The van der Waals surface area contributed by atoms with Crippen LogP contribution in [-0.2, 0) is 4.79 Å². The second-order valence-electron chi connectivity index (χ2n) is 3.11. The predicted molar refractivity (Wildman–Crippen MR) is 56.1 cm³/mol. The molecule has 1 fully saturated rings. The van der Waals surface area contributed by atoms with E-state index < -0.39 is 0 Å². The van der Waals surface area contributed by atoms with Crippen LogP contribution in [0.1, 0.15) is 0 Å². The number of nitrogens with one attached hydrogen (secondary N) is 1. The Kier molecular flexibility index (Phi) is 2.17. The summed E-state index contributed by atoms with van der Waals surface area (Å²) in [5.74, 6) is -0.134. The highest BCUT2D eigenvalue weighted by molar-refractivity contribution is 6.30. The zero-order chi connectivity index (χ0) is 10.1. The smallest absolute Gasteiger partial charge is 0.267 e. The fraction of sp³-hybridized carbons (Fsp3) is 0.100. The van der Waals surface area contributed by atoms with E-state index in [1.807, 2.05) is 12.1 Å². The summed E-state index contributed by atoms with van der Waals surface area (Å²) in [4.78, 5) is 11.2. The lowest BCUT2D eigenvalue weighted by molar-refractivity contribution is -0.116. The van der Waals surface area contributed by atoms with Gasteiger partial charge in [0.15, 0.2) is 0 Å². The molecule has 2 rings (SSSR count). The molecule has 1 N–H and O–H groups in total. The Morgan fingerprint density at radius 1 is 1.50 bits per heavy atom. The Morgan fingerprint density at radius 2 is 2.29 bits per heavy atom. The minimum absolute atomic E-state index is 0.134. The first kappa shape index (κ1) is 9.09. The maximum atomic E-state index is 11.2. The number of anilines is 1. The summed E-state index contributed by atoms with van der Waals surface area (Å²) >= 11 is 5.83. The highest BCUT2D eigenvalue weighted by atomic mass is 35.5. The molecule has 1 saturated heterocycles. The van der Waals surface area contributed by atoms with Crippen LogP contribution in [-0.4, -0.2) is 12.5 Å². The molecule has 0 atom stereocenters. The lowest BCUT2D eigenvalue weighted by atomic mass is 10.3. The monoisotopic (exact) mass is 208 g/mol. The van der Waals surface area contributed by atoms with Gasteiger partial charge in [0.05, 0.1) is 12.2 Å². The zero-order valence-corrected chi connectivity index (χ0v) is 8.21. The van der Waals surface area contributed by atoms with Crippen molar-refractivity contribution in [3.05, 3.63) is 41.4 Å². The molecule has 1 aliphatic rings. The van der Waals surface area contributed by atoms with Crippen molar-refractivity contribution < 1.29 is 4.79 Å². The number of benzene rings is 1. The Labute approximate surface area is 86.9 Å². The van der Waals surface area contributed by atoms with Crippen molar-refractivity contribution in [3.8, 4) is 0 Å². The van der Waals surface area contributed by atoms with Gasteiger partial charge in [0.2, 0.25) is 0 Å². The van der Waals surface area contributed by atoms with Gasteiger partial charge in [-0.15, -0.1) is 0 Å². The largest absolute Gasteiger partial charge is 0.281 e. The van der Waals surface area contributed by atoms with E-state index in [2.05, 4.69) is 12.0 Å². The van der Waals surface area contributed by atoms with Gasteiger partial charge in [-0.05, 0) is 18.2 Å². The third kappa shape index (κ3) is 1.59. The second kappa shape index (κ2) is 3.35. The standard InChI is InChI=1S/C10H9ClN2O/c1-7-6-13(12-10(7)14)9-4-2-3-8(11)5-9/h2-5H,1,6H2,(H,12,14). The lowest BCUT2D eigenvalue weighted by Gasteiger charge is -2.16. The number of amides is 1. The maximum Gasteiger partial charge on any atom is 0.267 e. The number of hydrazine groups is 1. The van der Waals surface area contributed by atoms with Crippen molar-refractivity contribution in [3.63, 3.8) is 0 Å². The summed E-state index contributed by atoms with van der Waals surface area (Å²) in [6.45, 7) is 4.15. The molecular weight excluding hydrogens is 200 g/mol. The maximum absolute atomic E-state index is 11.2. The van der Waals surface area contributed by atoms with Gasteiger partial charge < -0.3 is 0 Å². The SMILES string of the molecule is C=C1CN(c2cccc(Cl)c2)NC1=O. The van der Waals surface area contributed by atoms with Crippen molar-refractivity contribution in [2.24, 2.45) is 0 Å². The van der Waals surface area contributed by atoms with E-state index in [0.29, 0.717) is 17.1 Å². The van der Waals surface area contributed by atoms with E-state index >= 15 is 0 Å². The Morgan fingerprint density at radius 3 is 2.86 bits per heavy atom. The third-order valence-electron chi connectivity index (χ3n) is 2.03. The van der Waals surface area contributed by atoms with Gasteiger partial charge in [0, 0.05) is 10.6 Å². The van der Waals surface area contributed by atoms with E-state index in [1.165, 1.54) is 0 Å². The van der Waals surface area contributed by atoms with E-state index in [1.54, 1.807) is 17.1 Å². The summed E-state index contributed by atoms with van der Waals surface area (Å²) < 4.78 is 0. The number of carbonyl (C=O) groups excluding carboxylic acids is 1. The molecule has 0 aliphatic carbocycles. The normalized spacial score (nSPS) is 15.9. The van der Waals surface area contributed by atoms with Gasteiger partial charge in [-0.25, -0.2) is 0 Å². The fourth-order valence-electron chi connectivity index (χ4n) is 1.30. The van der Waals surface area contributed by atoms with Gasteiger partial charge in [-0.3, -0.25) is 15.2 Å². The molecule has 1 heterocycles. The molecule has 0 spiro atoms. The van der Waals surface area contributed by atoms with Crippen LogP contribution in [0, 0.1) is 0 Å². The van der Waals surface area contributed by atoms with E-state index in [4.69, 9.17) is 11.6 Å². The molecule has 1 aromatic rings. The predicted octanol–water partition coefficient (Wildman–Crippen LogP) is 1.75. The molecule has 1 amide bonds. The van der Waals surface area contributed by atoms with Crippen molar-refractivity contribution in [2.75, 3.05) is 11.6 Å². The number of halogens is 1. The first-order chi connectivity index (χ1) is 6.66. The minimum Gasteiger partial charge on any atom is -0.281 e. The summed E-state index contributed by atoms with van der Waals surface area (Å²) in [5.41, 5.74) is 4.11. The van der Waals surface area contributed by atoms with Crippen molar-refractivity contribution >= 4 is 23.2 Å². The molecule has 3 nitrogen and oxygen atoms in total. The summed E-state index contributed by atoms with van der Waals surface area (Å²) in [6.07, 6.45) is 0. The molecule has 0 aromatic heterocycles. The number of nitrogens with zero attached hydrogens (tertiary/aromatic N) is 1. The molecule has 72 valence electrons. The van der Waals surface area contributed by atoms with Crippen molar-refractivity contribution in [1.82, 2.24) is 5.43 Å². The highest BCUT2D eigenvalue weighted by Gasteiger charge is 2.22. The quantitative estimate of drug-likeness (QED) is 0.714.